The summed E-state index contributed by atoms with van der Waals surface area (Å²) in [7, 11) is 1.82. The highest BCUT2D eigenvalue weighted by atomic mass is 16.2. The molecule has 1 atom stereocenters. The fraction of sp³-hybridized carbons (Fsp3) is 0.533. The van der Waals surface area contributed by atoms with Crippen molar-refractivity contribution in [2.45, 2.75) is 46.2 Å². The summed E-state index contributed by atoms with van der Waals surface area (Å²) in [6.45, 7) is 6.81. The van der Waals surface area contributed by atoms with Crippen molar-refractivity contribution in [2.24, 2.45) is 5.73 Å². The summed E-state index contributed by atoms with van der Waals surface area (Å²) in [5.41, 5.74) is 9.50. The Morgan fingerprint density at radius 2 is 2.06 bits per heavy atom. The van der Waals surface area contributed by atoms with Crippen LogP contribution >= 0.6 is 0 Å². The van der Waals surface area contributed by atoms with Crippen molar-refractivity contribution >= 4 is 5.91 Å². The molecular weight excluding hydrogens is 224 g/mol. The van der Waals surface area contributed by atoms with E-state index in [1.807, 2.05) is 14.0 Å². The van der Waals surface area contributed by atoms with Crippen LogP contribution in [0.25, 0.3) is 0 Å². The molecule has 0 aliphatic carbocycles. The van der Waals surface area contributed by atoms with E-state index in [9.17, 15) is 4.79 Å². The molecular formula is C15H24N2O. The number of hydrogen-bond acceptors (Lipinski definition) is 2. The molecule has 1 rings (SSSR count). The average Bonchev–Trinajstić information content (AvgIpc) is 2.32. The van der Waals surface area contributed by atoms with Crippen LogP contribution in [0.1, 0.15) is 36.5 Å². The Balaban J connectivity index is 2.69. The third-order valence-corrected chi connectivity index (χ3v) is 3.20. The first-order valence-electron chi connectivity index (χ1n) is 6.52. The van der Waals surface area contributed by atoms with Crippen LogP contribution in [0, 0.1) is 13.8 Å². The molecule has 0 fully saturated rings. The SMILES string of the molecule is CCCC(N)C(=O)N(C)Cc1ccc(C)cc1C. The van der Waals surface area contributed by atoms with Crippen LogP contribution in [0.2, 0.25) is 0 Å². The molecule has 1 aromatic rings. The van der Waals surface area contributed by atoms with Gasteiger partial charge in [-0.05, 0) is 31.4 Å². The first kappa shape index (κ1) is 14.7. The van der Waals surface area contributed by atoms with Crippen LogP contribution in [0.15, 0.2) is 18.2 Å². The summed E-state index contributed by atoms with van der Waals surface area (Å²) in [6.07, 6.45) is 1.68. The van der Waals surface area contributed by atoms with Gasteiger partial charge in [-0.1, -0.05) is 37.1 Å². The molecule has 0 saturated carbocycles. The van der Waals surface area contributed by atoms with Gasteiger partial charge in [-0.3, -0.25) is 4.79 Å². The lowest BCUT2D eigenvalue weighted by atomic mass is 10.0. The van der Waals surface area contributed by atoms with Crippen molar-refractivity contribution in [2.75, 3.05) is 7.05 Å². The topological polar surface area (TPSA) is 46.3 Å². The Bertz CT molecular complexity index is 415. The van der Waals surface area contributed by atoms with Gasteiger partial charge in [-0.2, -0.15) is 0 Å². The predicted octanol–water partition coefficient (Wildman–Crippen LogP) is 2.39. The maximum absolute atomic E-state index is 12.0. The molecule has 3 nitrogen and oxygen atoms in total. The minimum Gasteiger partial charge on any atom is -0.340 e. The number of nitrogens with zero attached hydrogens (tertiary/aromatic N) is 1. The summed E-state index contributed by atoms with van der Waals surface area (Å²) in [6, 6.07) is 5.93. The van der Waals surface area contributed by atoms with E-state index in [1.54, 1.807) is 4.90 Å². The minimum atomic E-state index is -0.370. The molecule has 0 heterocycles. The molecule has 1 unspecified atom stereocenters. The van der Waals surface area contributed by atoms with E-state index in [1.165, 1.54) is 16.7 Å². The molecule has 0 saturated heterocycles. The van der Waals surface area contributed by atoms with Gasteiger partial charge in [0, 0.05) is 13.6 Å². The molecule has 100 valence electrons. The largest absolute Gasteiger partial charge is 0.340 e. The van der Waals surface area contributed by atoms with Gasteiger partial charge in [0.25, 0.3) is 0 Å². The number of benzene rings is 1. The number of carbonyl (C=O) groups excluding carboxylic acids is 1. The molecule has 0 aromatic heterocycles. The number of rotatable bonds is 5. The maximum atomic E-state index is 12.0. The van der Waals surface area contributed by atoms with Gasteiger partial charge in [0.15, 0.2) is 0 Å². The van der Waals surface area contributed by atoms with Gasteiger partial charge in [0.2, 0.25) is 5.91 Å². The minimum absolute atomic E-state index is 0.0248. The summed E-state index contributed by atoms with van der Waals surface area (Å²) in [4.78, 5) is 13.7. The molecule has 0 bridgehead atoms. The third kappa shape index (κ3) is 3.84. The van der Waals surface area contributed by atoms with E-state index in [0.717, 1.165) is 12.8 Å². The average molecular weight is 248 g/mol. The van der Waals surface area contributed by atoms with Crippen LogP contribution < -0.4 is 5.73 Å². The van der Waals surface area contributed by atoms with Crippen molar-refractivity contribution in [1.29, 1.82) is 0 Å². The van der Waals surface area contributed by atoms with Crippen LogP contribution in [0.3, 0.4) is 0 Å². The summed E-state index contributed by atoms with van der Waals surface area (Å²) < 4.78 is 0. The fourth-order valence-electron chi connectivity index (χ4n) is 2.07. The fourth-order valence-corrected chi connectivity index (χ4v) is 2.07. The van der Waals surface area contributed by atoms with Crippen LogP contribution in [-0.2, 0) is 11.3 Å². The highest BCUT2D eigenvalue weighted by Crippen LogP contribution is 2.13. The summed E-state index contributed by atoms with van der Waals surface area (Å²) in [5.74, 6) is 0.0248. The van der Waals surface area contributed by atoms with Crippen molar-refractivity contribution in [3.63, 3.8) is 0 Å². The highest BCUT2D eigenvalue weighted by Gasteiger charge is 2.17. The van der Waals surface area contributed by atoms with E-state index in [-0.39, 0.29) is 11.9 Å². The van der Waals surface area contributed by atoms with E-state index >= 15 is 0 Å². The Labute approximate surface area is 110 Å². The standard InChI is InChI=1S/C15H24N2O/c1-5-6-14(16)15(18)17(4)10-13-8-7-11(2)9-12(13)3/h7-9,14H,5-6,10,16H2,1-4H3. The molecule has 0 aliphatic heterocycles. The smallest absolute Gasteiger partial charge is 0.239 e. The zero-order chi connectivity index (χ0) is 13.7. The van der Waals surface area contributed by atoms with Crippen LogP contribution in [-0.4, -0.2) is 23.9 Å². The molecule has 18 heavy (non-hydrogen) atoms. The lowest BCUT2D eigenvalue weighted by Crippen LogP contribution is -2.41. The van der Waals surface area contributed by atoms with Gasteiger partial charge in [0.05, 0.1) is 6.04 Å². The number of aryl methyl sites for hydroxylation is 2. The summed E-state index contributed by atoms with van der Waals surface area (Å²) in [5, 5.41) is 0. The van der Waals surface area contributed by atoms with Gasteiger partial charge in [-0.25, -0.2) is 0 Å². The normalized spacial score (nSPS) is 12.3. The Hall–Kier alpha value is -1.35. The quantitative estimate of drug-likeness (QED) is 0.869. The van der Waals surface area contributed by atoms with E-state index in [2.05, 4.69) is 32.0 Å². The molecule has 1 aromatic carbocycles. The van der Waals surface area contributed by atoms with Crippen molar-refractivity contribution in [3.05, 3.63) is 34.9 Å². The Kier molecular flexibility index (Phi) is 5.35. The van der Waals surface area contributed by atoms with Crippen LogP contribution in [0.5, 0.6) is 0 Å². The predicted molar refractivity (Wildman–Crippen MR) is 75.3 cm³/mol. The highest BCUT2D eigenvalue weighted by molar-refractivity contribution is 5.81. The first-order chi connectivity index (χ1) is 8.45. The van der Waals surface area contributed by atoms with E-state index < -0.39 is 0 Å². The molecule has 0 spiro atoms. The first-order valence-corrected chi connectivity index (χ1v) is 6.52. The third-order valence-electron chi connectivity index (χ3n) is 3.20. The van der Waals surface area contributed by atoms with Gasteiger partial charge < -0.3 is 10.6 Å². The lowest BCUT2D eigenvalue weighted by molar-refractivity contribution is -0.132. The number of nitrogens with two attached hydrogens (primary N) is 1. The molecule has 1 amide bonds. The molecule has 3 heteroatoms. The maximum Gasteiger partial charge on any atom is 0.239 e. The monoisotopic (exact) mass is 248 g/mol. The van der Waals surface area contributed by atoms with Crippen molar-refractivity contribution in [3.8, 4) is 0 Å². The van der Waals surface area contributed by atoms with E-state index in [0.29, 0.717) is 6.54 Å². The lowest BCUT2D eigenvalue weighted by Gasteiger charge is -2.22. The Morgan fingerprint density at radius 3 is 2.61 bits per heavy atom. The second kappa shape index (κ2) is 6.55. The molecule has 0 radical (unpaired) electrons. The van der Waals surface area contributed by atoms with E-state index in [4.69, 9.17) is 5.73 Å². The zero-order valence-corrected chi connectivity index (χ0v) is 11.9. The van der Waals surface area contributed by atoms with Crippen molar-refractivity contribution in [1.82, 2.24) is 4.90 Å². The summed E-state index contributed by atoms with van der Waals surface area (Å²) >= 11 is 0. The van der Waals surface area contributed by atoms with Crippen molar-refractivity contribution < 1.29 is 4.79 Å². The second-order valence-electron chi connectivity index (χ2n) is 5.02. The number of amides is 1. The number of carbonyl (C=O) groups is 1. The molecule has 2 N–H and O–H groups in total. The van der Waals surface area contributed by atoms with Gasteiger partial charge in [0.1, 0.15) is 0 Å². The number of likely N-dealkylation sites (N-methyl/N-ethyl adjacent to an activating group) is 1. The second-order valence-corrected chi connectivity index (χ2v) is 5.02. The Morgan fingerprint density at radius 1 is 1.39 bits per heavy atom. The van der Waals surface area contributed by atoms with Gasteiger partial charge >= 0.3 is 0 Å². The van der Waals surface area contributed by atoms with Gasteiger partial charge in [-0.15, -0.1) is 0 Å². The van der Waals surface area contributed by atoms with Crippen LogP contribution in [0.4, 0.5) is 0 Å². The number of hydrogen-bond donors (Lipinski definition) is 1. The molecule has 0 aliphatic rings. The zero-order valence-electron chi connectivity index (χ0n) is 11.9.